The number of nitrogens with zero attached hydrogens (tertiary/aromatic N) is 1. The molecule has 0 aliphatic heterocycles. The first kappa shape index (κ1) is 16.4. The van der Waals surface area contributed by atoms with Gasteiger partial charge in [0.15, 0.2) is 0 Å². The van der Waals surface area contributed by atoms with Crippen LogP contribution in [0, 0.1) is 0 Å². The number of benzene rings is 2. The number of para-hydroxylation sites is 3. The summed E-state index contributed by atoms with van der Waals surface area (Å²) >= 11 is 0. The van der Waals surface area contributed by atoms with E-state index in [0.29, 0.717) is 0 Å². The molecule has 2 aromatic carbocycles. The summed E-state index contributed by atoms with van der Waals surface area (Å²) in [5.74, 6) is 0. The van der Waals surface area contributed by atoms with Crippen LogP contribution in [-0.2, 0) is 5.41 Å². The molecule has 0 spiro atoms. The van der Waals surface area contributed by atoms with Gasteiger partial charge in [-0.05, 0) is 42.0 Å². The van der Waals surface area contributed by atoms with E-state index in [1.807, 2.05) is 7.05 Å². The maximum atomic E-state index is 3.29. The van der Waals surface area contributed by atoms with Gasteiger partial charge in [-0.3, -0.25) is 0 Å². The third-order valence-corrected chi connectivity index (χ3v) is 5.01. The summed E-state index contributed by atoms with van der Waals surface area (Å²) in [4.78, 5) is 2.30. The van der Waals surface area contributed by atoms with Crippen molar-refractivity contribution < 1.29 is 0 Å². The zero-order valence-electron chi connectivity index (χ0n) is 14.5. The fraction of sp³-hybridized carbons (Fsp3) is 0.400. The van der Waals surface area contributed by atoms with E-state index in [-0.39, 0.29) is 5.41 Å². The van der Waals surface area contributed by atoms with E-state index in [2.05, 4.69) is 86.6 Å². The summed E-state index contributed by atoms with van der Waals surface area (Å²) in [6, 6.07) is 17.2. The molecule has 0 fully saturated rings. The lowest BCUT2D eigenvalue weighted by atomic mass is 9.77. The van der Waals surface area contributed by atoms with Crippen molar-refractivity contribution in [3.05, 3.63) is 54.1 Å². The van der Waals surface area contributed by atoms with Gasteiger partial charge in [0, 0.05) is 19.8 Å². The number of rotatable bonds is 6. The third kappa shape index (κ3) is 2.96. The molecule has 0 heterocycles. The topological polar surface area (TPSA) is 15.3 Å². The summed E-state index contributed by atoms with van der Waals surface area (Å²) in [5, 5.41) is 3.29. The second-order valence-electron chi connectivity index (χ2n) is 6.11. The Labute approximate surface area is 135 Å². The lowest BCUT2D eigenvalue weighted by Gasteiger charge is -2.33. The molecule has 0 radical (unpaired) electrons. The van der Waals surface area contributed by atoms with Gasteiger partial charge >= 0.3 is 0 Å². The number of nitrogens with one attached hydrogen (secondary N) is 1. The fourth-order valence-electron chi connectivity index (χ4n) is 3.01. The van der Waals surface area contributed by atoms with Crippen LogP contribution in [0.1, 0.15) is 39.2 Å². The van der Waals surface area contributed by atoms with Gasteiger partial charge in [0.2, 0.25) is 0 Å². The minimum absolute atomic E-state index is 0.208. The van der Waals surface area contributed by atoms with Crippen molar-refractivity contribution in [3.63, 3.8) is 0 Å². The van der Waals surface area contributed by atoms with Crippen molar-refractivity contribution in [2.45, 2.75) is 39.0 Å². The number of hydrogen-bond donors (Lipinski definition) is 1. The second-order valence-corrected chi connectivity index (χ2v) is 6.11. The highest BCUT2D eigenvalue weighted by atomic mass is 15.1. The Kier molecular flexibility index (Phi) is 5.12. The Morgan fingerprint density at radius 3 is 2.05 bits per heavy atom. The van der Waals surface area contributed by atoms with Crippen LogP contribution in [0.3, 0.4) is 0 Å². The van der Waals surface area contributed by atoms with Gasteiger partial charge in [0.1, 0.15) is 0 Å². The Balaban J connectivity index is 2.53. The molecule has 2 aromatic rings. The molecule has 0 aliphatic carbocycles. The summed E-state index contributed by atoms with van der Waals surface area (Å²) in [7, 11) is 4.13. The Morgan fingerprint density at radius 2 is 1.45 bits per heavy atom. The highest BCUT2D eigenvalue weighted by Crippen LogP contribution is 2.40. The molecule has 0 bridgehead atoms. The zero-order chi connectivity index (χ0) is 16.2. The van der Waals surface area contributed by atoms with Crippen LogP contribution >= 0.6 is 0 Å². The van der Waals surface area contributed by atoms with Crippen molar-refractivity contribution in [1.82, 2.24) is 0 Å². The average Bonchev–Trinajstić information content (AvgIpc) is 2.60. The standard InChI is InChI=1S/C20H28N2/c1-6-20(3,7-2)16-12-8-10-14-18(16)22(5)19-15-11-9-13-17(19)21-4/h8-15,21H,6-7H2,1-5H3. The molecule has 2 rings (SSSR count). The van der Waals surface area contributed by atoms with E-state index in [9.17, 15) is 0 Å². The fourth-order valence-corrected chi connectivity index (χ4v) is 3.01. The van der Waals surface area contributed by atoms with E-state index in [0.717, 1.165) is 18.5 Å². The lowest BCUT2D eigenvalue weighted by molar-refractivity contribution is 0.439. The van der Waals surface area contributed by atoms with Crippen molar-refractivity contribution in [2.75, 3.05) is 24.3 Å². The molecule has 0 atom stereocenters. The van der Waals surface area contributed by atoms with Gasteiger partial charge < -0.3 is 10.2 Å². The molecule has 0 aliphatic rings. The largest absolute Gasteiger partial charge is 0.386 e. The first-order valence-corrected chi connectivity index (χ1v) is 8.17. The molecule has 118 valence electrons. The Morgan fingerprint density at radius 1 is 0.909 bits per heavy atom. The van der Waals surface area contributed by atoms with Gasteiger partial charge in [0.05, 0.1) is 11.4 Å². The van der Waals surface area contributed by atoms with Crippen LogP contribution in [-0.4, -0.2) is 14.1 Å². The Bertz CT molecular complexity index is 615. The van der Waals surface area contributed by atoms with Crippen LogP contribution in [0.5, 0.6) is 0 Å². The quantitative estimate of drug-likeness (QED) is 0.749. The van der Waals surface area contributed by atoms with Gasteiger partial charge in [-0.2, -0.15) is 0 Å². The molecular formula is C20H28N2. The minimum Gasteiger partial charge on any atom is -0.386 e. The molecule has 0 saturated heterocycles. The normalized spacial score (nSPS) is 11.3. The van der Waals surface area contributed by atoms with Gasteiger partial charge in [0.25, 0.3) is 0 Å². The maximum absolute atomic E-state index is 3.29. The minimum atomic E-state index is 0.208. The van der Waals surface area contributed by atoms with Crippen LogP contribution in [0.4, 0.5) is 17.1 Å². The predicted octanol–water partition coefficient (Wildman–Crippen LogP) is 5.57. The van der Waals surface area contributed by atoms with Gasteiger partial charge in [-0.15, -0.1) is 0 Å². The highest BCUT2D eigenvalue weighted by molar-refractivity contribution is 5.77. The highest BCUT2D eigenvalue weighted by Gasteiger charge is 2.26. The van der Waals surface area contributed by atoms with E-state index < -0.39 is 0 Å². The molecule has 0 aromatic heterocycles. The third-order valence-electron chi connectivity index (χ3n) is 5.01. The average molecular weight is 296 g/mol. The maximum Gasteiger partial charge on any atom is 0.0643 e. The molecule has 2 heteroatoms. The van der Waals surface area contributed by atoms with E-state index in [1.165, 1.54) is 16.9 Å². The van der Waals surface area contributed by atoms with Crippen molar-refractivity contribution in [1.29, 1.82) is 0 Å². The number of hydrogen-bond acceptors (Lipinski definition) is 2. The molecule has 0 saturated carbocycles. The summed E-state index contributed by atoms with van der Waals surface area (Å²) in [6.07, 6.45) is 2.28. The first-order chi connectivity index (χ1) is 10.6. The Hall–Kier alpha value is -1.96. The van der Waals surface area contributed by atoms with Gasteiger partial charge in [-0.25, -0.2) is 0 Å². The van der Waals surface area contributed by atoms with Crippen molar-refractivity contribution >= 4 is 17.1 Å². The van der Waals surface area contributed by atoms with Gasteiger partial charge in [-0.1, -0.05) is 51.1 Å². The zero-order valence-corrected chi connectivity index (χ0v) is 14.5. The number of anilines is 3. The SMILES string of the molecule is CCC(C)(CC)c1ccccc1N(C)c1ccccc1NC. The second kappa shape index (κ2) is 6.87. The predicted molar refractivity (Wildman–Crippen MR) is 98.4 cm³/mol. The van der Waals surface area contributed by atoms with Crippen molar-refractivity contribution in [2.24, 2.45) is 0 Å². The van der Waals surface area contributed by atoms with Crippen LogP contribution in [0.15, 0.2) is 48.5 Å². The van der Waals surface area contributed by atoms with E-state index >= 15 is 0 Å². The van der Waals surface area contributed by atoms with Crippen LogP contribution in [0.2, 0.25) is 0 Å². The molecule has 1 N–H and O–H groups in total. The van der Waals surface area contributed by atoms with Crippen LogP contribution < -0.4 is 10.2 Å². The summed E-state index contributed by atoms with van der Waals surface area (Å²) in [6.45, 7) is 6.92. The molecule has 0 amide bonds. The summed E-state index contributed by atoms with van der Waals surface area (Å²) in [5.41, 5.74) is 5.27. The first-order valence-electron chi connectivity index (χ1n) is 8.17. The molecule has 22 heavy (non-hydrogen) atoms. The monoisotopic (exact) mass is 296 g/mol. The van der Waals surface area contributed by atoms with E-state index in [4.69, 9.17) is 0 Å². The smallest absolute Gasteiger partial charge is 0.0643 e. The van der Waals surface area contributed by atoms with Crippen molar-refractivity contribution in [3.8, 4) is 0 Å². The summed E-state index contributed by atoms with van der Waals surface area (Å²) < 4.78 is 0. The molecule has 0 unspecified atom stereocenters. The lowest BCUT2D eigenvalue weighted by Crippen LogP contribution is -2.24. The molecular weight excluding hydrogens is 268 g/mol. The van der Waals surface area contributed by atoms with E-state index in [1.54, 1.807) is 0 Å². The molecule has 2 nitrogen and oxygen atoms in total. The van der Waals surface area contributed by atoms with Crippen LogP contribution in [0.25, 0.3) is 0 Å².